The van der Waals surface area contributed by atoms with Crippen LogP contribution in [0.25, 0.3) is 49.5 Å². The average Bonchev–Trinajstić information content (AvgIpc) is 4.01. The number of benzene rings is 1. The first-order chi connectivity index (χ1) is 26.0. The minimum Gasteiger partial charge on any atom is -0.140 e. The van der Waals surface area contributed by atoms with E-state index in [9.17, 15) is 0 Å². The largest absolute Gasteiger partial charge is 0.140 e. The van der Waals surface area contributed by atoms with Gasteiger partial charge >= 0.3 is 0 Å². The van der Waals surface area contributed by atoms with Crippen molar-refractivity contribution in [3.63, 3.8) is 0 Å². The molecule has 0 spiro atoms. The molecule has 0 unspecified atom stereocenters. The van der Waals surface area contributed by atoms with Gasteiger partial charge in [0.15, 0.2) is 0 Å². The Kier molecular flexibility index (Phi) is 16.1. The third-order valence-electron chi connectivity index (χ3n) is 10.5. The van der Waals surface area contributed by atoms with E-state index in [4.69, 9.17) is 0 Å². The Morgan fingerprint density at radius 2 is 0.717 bits per heavy atom. The highest BCUT2D eigenvalue weighted by Gasteiger charge is 2.23. The Morgan fingerprint density at radius 1 is 0.340 bits per heavy atom. The topological polar surface area (TPSA) is 0 Å². The van der Waals surface area contributed by atoms with Crippen LogP contribution in [0, 0.1) is 13.8 Å². The quantitative estimate of drug-likeness (QED) is 0.0567. The zero-order chi connectivity index (χ0) is 36.8. The molecule has 0 nitrogen and oxygen atoms in total. The van der Waals surface area contributed by atoms with E-state index in [1.165, 1.54) is 166 Å². The lowest BCUT2D eigenvalue weighted by Gasteiger charge is -2.10. The van der Waals surface area contributed by atoms with Crippen molar-refractivity contribution in [1.82, 2.24) is 0 Å². The fourth-order valence-electron chi connectivity index (χ4n) is 7.39. The van der Waals surface area contributed by atoms with E-state index in [2.05, 4.69) is 112 Å². The lowest BCUT2D eigenvalue weighted by Crippen LogP contribution is -1.95. The molecule has 0 saturated carbocycles. The van der Waals surface area contributed by atoms with Crippen molar-refractivity contribution in [1.29, 1.82) is 0 Å². The summed E-state index contributed by atoms with van der Waals surface area (Å²) in [5.74, 6) is 0. The molecule has 0 aliphatic carbocycles. The van der Waals surface area contributed by atoms with Crippen LogP contribution in [0.15, 0.2) is 72.8 Å². The highest BCUT2D eigenvalue weighted by molar-refractivity contribution is 7.30. The number of hydrogen-bond acceptors (Lipinski definition) is 5. The van der Waals surface area contributed by atoms with E-state index in [1.54, 1.807) is 20.9 Å². The molecule has 0 saturated heterocycles. The van der Waals surface area contributed by atoms with E-state index in [1.807, 2.05) is 45.3 Å². The summed E-state index contributed by atoms with van der Waals surface area (Å²) in [5.41, 5.74) is 5.97. The summed E-state index contributed by atoms with van der Waals surface area (Å²) in [4.78, 5) is 14.4. The molecule has 0 aliphatic rings. The van der Waals surface area contributed by atoms with Crippen molar-refractivity contribution in [2.24, 2.45) is 0 Å². The van der Waals surface area contributed by atoms with Gasteiger partial charge in [-0.05, 0) is 105 Å². The average molecular weight is 797 g/mol. The van der Waals surface area contributed by atoms with Gasteiger partial charge in [0, 0.05) is 48.8 Å². The number of hydrogen-bond donors (Lipinski definition) is 0. The van der Waals surface area contributed by atoms with E-state index in [0.717, 1.165) is 0 Å². The molecule has 282 valence electrons. The van der Waals surface area contributed by atoms with Gasteiger partial charge in [0.05, 0.1) is 0 Å². The van der Waals surface area contributed by atoms with Gasteiger partial charge in [0.25, 0.3) is 0 Å². The van der Waals surface area contributed by atoms with Gasteiger partial charge in [0.2, 0.25) is 0 Å². The van der Waals surface area contributed by atoms with Crippen LogP contribution in [0.4, 0.5) is 0 Å². The van der Waals surface area contributed by atoms with Gasteiger partial charge in [-0.15, -0.1) is 56.7 Å². The molecular formula is C48H60S5. The third-order valence-corrected chi connectivity index (χ3v) is 16.8. The van der Waals surface area contributed by atoms with Crippen LogP contribution < -0.4 is 0 Å². The first kappa shape index (κ1) is 40.4. The van der Waals surface area contributed by atoms with Crippen LogP contribution in [0.1, 0.15) is 138 Å². The summed E-state index contributed by atoms with van der Waals surface area (Å²) >= 11 is 9.97. The minimum absolute atomic E-state index is 1.21. The van der Waals surface area contributed by atoms with E-state index in [0.29, 0.717) is 0 Å². The molecule has 1 aromatic carbocycles. The van der Waals surface area contributed by atoms with Crippen molar-refractivity contribution in [2.75, 3.05) is 0 Å². The predicted molar refractivity (Wildman–Crippen MR) is 245 cm³/mol. The van der Waals surface area contributed by atoms with Gasteiger partial charge in [-0.2, -0.15) is 0 Å². The van der Waals surface area contributed by atoms with Crippen molar-refractivity contribution >= 4 is 56.7 Å². The number of thiophene rings is 5. The van der Waals surface area contributed by atoms with Crippen LogP contribution in [-0.2, 0) is 12.8 Å². The molecule has 6 aromatic rings. The molecule has 0 bridgehead atoms. The Morgan fingerprint density at radius 3 is 1.17 bits per heavy atom. The van der Waals surface area contributed by atoms with Gasteiger partial charge in [0.1, 0.15) is 0 Å². The smallest absolute Gasteiger partial charge is 0.0484 e. The summed E-state index contributed by atoms with van der Waals surface area (Å²) in [7, 11) is 0. The van der Waals surface area contributed by atoms with Gasteiger partial charge < -0.3 is 0 Å². The van der Waals surface area contributed by atoms with Crippen molar-refractivity contribution in [2.45, 2.75) is 143 Å². The van der Waals surface area contributed by atoms with Crippen molar-refractivity contribution in [3.05, 3.63) is 94.4 Å². The SMILES string of the molecule is CCCCCCCCCCc1c(-c2ccc(-c3ccc(C)s3)s2)sc(-c2ccc(-c3ccc(-c4ccc(C)cc4)s3)s2)c1CCCCCCCCCC. The summed E-state index contributed by atoms with van der Waals surface area (Å²) < 4.78 is 0. The molecule has 0 fully saturated rings. The maximum absolute atomic E-state index is 2.44. The van der Waals surface area contributed by atoms with E-state index in [-0.39, 0.29) is 0 Å². The second-order valence-corrected chi connectivity index (χ2v) is 20.5. The van der Waals surface area contributed by atoms with Gasteiger partial charge in [-0.25, -0.2) is 0 Å². The predicted octanol–water partition coefficient (Wildman–Crippen LogP) is 18.3. The maximum Gasteiger partial charge on any atom is 0.0484 e. The molecule has 5 heteroatoms. The highest BCUT2D eigenvalue weighted by atomic mass is 32.1. The van der Waals surface area contributed by atoms with E-state index < -0.39 is 0 Å². The summed E-state index contributed by atoms with van der Waals surface area (Å²) in [6, 6.07) is 27.9. The van der Waals surface area contributed by atoms with Crippen molar-refractivity contribution < 1.29 is 0 Å². The highest BCUT2D eigenvalue weighted by Crippen LogP contribution is 2.50. The monoisotopic (exact) mass is 796 g/mol. The Bertz CT molecular complexity index is 1940. The van der Waals surface area contributed by atoms with Crippen LogP contribution in [-0.4, -0.2) is 0 Å². The van der Waals surface area contributed by atoms with E-state index >= 15 is 0 Å². The molecular weight excluding hydrogens is 737 g/mol. The Hall–Kier alpha value is -2.28. The zero-order valence-corrected chi connectivity index (χ0v) is 36.8. The molecule has 5 heterocycles. The number of unbranched alkanes of at least 4 members (excludes halogenated alkanes) is 14. The van der Waals surface area contributed by atoms with Gasteiger partial charge in [-0.3, -0.25) is 0 Å². The molecule has 6 rings (SSSR count). The Balaban J connectivity index is 1.28. The molecule has 53 heavy (non-hydrogen) atoms. The van der Waals surface area contributed by atoms with Crippen LogP contribution in [0.2, 0.25) is 0 Å². The van der Waals surface area contributed by atoms with Crippen LogP contribution in [0.3, 0.4) is 0 Å². The Labute approximate surface area is 341 Å². The molecule has 0 N–H and O–H groups in total. The minimum atomic E-state index is 1.21. The molecule has 0 amide bonds. The maximum atomic E-state index is 2.44. The summed E-state index contributed by atoms with van der Waals surface area (Å²) in [5, 5.41) is 0. The second-order valence-electron chi connectivity index (χ2n) is 14.9. The van der Waals surface area contributed by atoms with Crippen LogP contribution in [0.5, 0.6) is 0 Å². The van der Waals surface area contributed by atoms with Crippen LogP contribution >= 0.6 is 56.7 Å². The molecule has 0 aliphatic heterocycles. The third kappa shape index (κ3) is 11.4. The normalized spacial score (nSPS) is 11.6. The fraction of sp³-hybridized carbons (Fsp3) is 0.458. The van der Waals surface area contributed by atoms with Gasteiger partial charge in [-0.1, -0.05) is 134 Å². The summed E-state index contributed by atoms with van der Waals surface area (Å²) in [6.45, 7) is 9.02. The molecule has 5 aromatic heterocycles. The zero-order valence-electron chi connectivity index (χ0n) is 32.7. The molecule has 0 atom stereocenters. The molecule has 0 radical (unpaired) electrons. The lowest BCUT2D eigenvalue weighted by atomic mass is 9.95. The second kappa shape index (κ2) is 21.1. The lowest BCUT2D eigenvalue weighted by molar-refractivity contribution is 0.571. The number of aryl methyl sites for hydroxylation is 2. The first-order valence-electron chi connectivity index (χ1n) is 20.6. The standard InChI is InChI=1S/C48H60S5/c1-5-7-9-11-13-15-17-19-21-38-39(22-20-18-16-14-12-10-8-6-2)48(53-47(38)45-33-31-42(51-45)41-28-25-36(4)49-41)46-34-32-44(52-46)43-30-29-40(50-43)37-26-23-35(3)24-27-37/h23-34H,5-22H2,1-4H3. The fourth-order valence-corrected chi connectivity index (χ4v) is 13.1. The van der Waals surface area contributed by atoms with Crippen molar-refractivity contribution in [3.8, 4) is 49.5 Å². The summed E-state index contributed by atoms with van der Waals surface area (Å²) in [6.07, 6.45) is 24.3. The first-order valence-corrected chi connectivity index (χ1v) is 24.7. The number of rotatable bonds is 23.